The predicted octanol–water partition coefficient (Wildman–Crippen LogP) is 2.21. The smallest absolute Gasteiger partial charge is 0.217 e. The molecule has 1 fully saturated rings. The number of ether oxygens (including phenoxy) is 3. The molecule has 0 unspecified atom stereocenters. The average molecular weight is 349 g/mol. The molecular weight excluding hydrogens is 322 g/mol. The van der Waals surface area contributed by atoms with Gasteiger partial charge in [0.1, 0.15) is 12.2 Å². The first-order valence-corrected chi connectivity index (χ1v) is 8.77. The summed E-state index contributed by atoms with van der Waals surface area (Å²) < 4.78 is 17.7. The maximum Gasteiger partial charge on any atom is 0.217 e. The van der Waals surface area contributed by atoms with Gasteiger partial charge in [0.15, 0.2) is 12.6 Å². The van der Waals surface area contributed by atoms with Crippen molar-refractivity contribution >= 4 is 12.2 Å². The van der Waals surface area contributed by atoms with E-state index in [1.807, 2.05) is 44.2 Å². The fourth-order valence-corrected chi connectivity index (χ4v) is 2.93. The van der Waals surface area contributed by atoms with Gasteiger partial charge in [-0.3, -0.25) is 4.79 Å². The van der Waals surface area contributed by atoms with Crippen LogP contribution in [0.4, 0.5) is 0 Å². The summed E-state index contributed by atoms with van der Waals surface area (Å²) in [6.07, 6.45) is 0.326. The van der Waals surface area contributed by atoms with Gasteiger partial charge in [0.05, 0.1) is 18.8 Å². The van der Waals surface area contributed by atoms with Gasteiger partial charge < -0.3 is 24.3 Å². The minimum atomic E-state index is -0.788. The average Bonchev–Trinajstić information content (AvgIpc) is 2.94. The molecule has 0 aliphatic carbocycles. The van der Waals surface area contributed by atoms with Crippen LogP contribution in [0, 0.1) is 0 Å². The Hall–Kier alpha value is -1.76. The van der Waals surface area contributed by atoms with Gasteiger partial charge in [-0.1, -0.05) is 44.2 Å². The minimum absolute atomic E-state index is 0.0121. The van der Waals surface area contributed by atoms with E-state index in [9.17, 15) is 9.59 Å². The van der Waals surface area contributed by atoms with Gasteiger partial charge in [-0.05, 0) is 18.4 Å². The number of hydrogen-bond acceptors (Lipinski definition) is 5. The van der Waals surface area contributed by atoms with Gasteiger partial charge in [-0.2, -0.15) is 0 Å². The molecule has 1 saturated heterocycles. The van der Waals surface area contributed by atoms with E-state index >= 15 is 0 Å². The quantitative estimate of drug-likeness (QED) is 0.692. The molecule has 25 heavy (non-hydrogen) atoms. The van der Waals surface area contributed by atoms with Crippen molar-refractivity contribution in [2.24, 2.45) is 0 Å². The predicted molar refractivity (Wildman–Crippen MR) is 92.8 cm³/mol. The molecule has 6 heteroatoms. The number of aldehydes is 1. The van der Waals surface area contributed by atoms with E-state index in [0.717, 1.165) is 18.4 Å². The molecule has 0 saturated carbocycles. The third kappa shape index (κ3) is 5.36. The molecule has 6 nitrogen and oxygen atoms in total. The number of nitrogens with one attached hydrogen (secondary N) is 1. The monoisotopic (exact) mass is 349 g/mol. The Balaban J connectivity index is 2.12. The van der Waals surface area contributed by atoms with Crippen LogP contribution in [0.2, 0.25) is 0 Å². The molecule has 4 atom stereocenters. The molecule has 0 bridgehead atoms. The van der Waals surface area contributed by atoms with Crippen molar-refractivity contribution in [1.29, 1.82) is 0 Å². The van der Waals surface area contributed by atoms with Crippen LogP contribution in [0.3, 0.4) is 0 Å². The number of amides is 1. The van der Waals surface area contributed by atoms with Gasteiger partial charge in [0.2, 0.25) is 5.91 Å². The van der Waals surface area contributed by atoms with Crippen LogP contribution in [0.25, 0.3) is 0 Å². The minimum Gasteiger partial charge on any atom is -0.367 e. The first kappa shape index (κ1) is 19.6. The molecule has 1 aromatic rings. The number of hydrogen-bond donors (Lipinski definition) is 1. The van der Waals surface area contributed by atoms with E-state index in [-0.39, 0.29) is 12.0 Å². The van der Waals surface area contributed by atoms with Crippen molar-refractivity contribution in [2.75, 3.05) is 0 Å². The van der Waals surface area contributed by atoms with Crippen molar-refractivity contribution in [1.82, 2.24) is 5.32 Å². The zero-order chi connectivity index (χ0) is 18.2. The highest BCUT2D eigenvalue weighted by Crippen LogP contribution is 2.27. The van der Waals surface area contributed by atoms with E-state index < -0.39 is 24.5 Å². The highest BCUT2D eigenvalue weighted by molar-refractivity contribution is 5.74. The number of carbonyl (C=O) groups excluding carboxylic acids is 2. The summed E-state index contributed by atoms with van der Waals surface area (Å²) in [4.78, 5) is 22.9. The summed E-state index contributed by atoms with van der Waals surface area (Å²) in [5, 5.41) is 2.77. The number of carbonyl (C=O) groups is 2. The molecule has 0 radical (unpaired) electrons. The molecule has 0 aromatic heterocycles. The number of benzene rings is 1. The normalized spacial score (nSPS) is 25.9. The van der Waals surface area contributed by atoms with Gasteiger partial charge in [0, 0.05) is 6.92 Å². The van der Waals surface area contributed by atoms with Crippen LogP contribution >= 0.6 is 0 Å². The lowest BCUT2D eigenvalue weighted by Gasteiger charge is -2.28. The second-order valence-electron chi connectivity index (χ2n) is 6.17. The highest BCUT2D eigenvalue weighted by Gasteiger charge is 2.47. The summed E-state index contributed by atoms with van der Waals surface area (Å²) in [7, 11) is 0. The Kier molecular flexibility index (Phi) is 7.55. The summed E-state index contributed by atoms with van der Waals surface area (Å²) in [6.45, 7) is 5.82. The molecule has 0 spiro atoms. The van der Waals surface area contributed by atoms with Gasteiger partial charge >= 0.3 is 0 Å². The molecule has 1 aromatic carbocycles. The second-order valence-corrected chi connectivity index (χ2v) is 6.17. The van der Waals surface area contributed by atoms with Crippen LogP contribution in [0.5, 0.6) is 0 Å². The Morgan fingerprint density at radius 1 is 1.28 bits per heavy atom. The first-order chi connectivity index (χ1) is 12.1. The van der Waals surface area contributed by atoms with Crippen molar-refractivity contribution in [3.05, 3.63) is 35.9 Å². The molecule has 1 amide bonds. The highest BCUT2D eigenvalue weighted by atomic mass is 16.7. The van der Waals surface area contributed by atoms with Crippen LogP contribution in [0.1, 0.15) is 39.2 Å². The standard InChI is InChI=1S/C19H27NO5/c1-4-15(5-2)24-18-17(20-13(3)22)16(11-21)25-19(18)23-12-14-9-7-6-8-10-14/h6-11,15-19H,4-5,12H2,1-3H3,(H,20,22)/t16-,17-,18+,19+/m1/s1. The second kappa shape index (κ2) is 9.65. The fourth-order valence-electron chi connectivity index (χ4n) is 2.93. The lowest BCUT2D eigenvalue weighted by molar-refractivity contribution is -0.191. The molecule has 1 aliphatic rings. The SMILES string of the molecule is CCC(CC)O[C@@H]1[C@@H](OCc2ccccc2)O[C@H](C=O)[C@H]1NC(C)=O. The van der Waals surface area contributed by atoms with Gasteiger partial charge in [0.25, 0.3) is 0 Å². The van der Waals surface area contributed by atoms with Crippen molar-refractivity contribution in [2.45, 2.75) is 70.9 Å². The Morgan fingerprint density at radius 2 is 1.96 bits per heavy atom. The fraction of sp³-hybridized carbons (Fsp3) is 0.579. The zero-order valence-corrected chi connectivity index (χ0v) is 15.0. The Morgan fingerprint density at radius 3 is 2.52 bits per heavy atom. The molecule has 138 valence electrons. The topological polar surface area (TPSA) is 73.9 Å². The van der Waals surface area contributed by atoms with Crippen molar-refractivity contribution in [3.63, 3.8) is 0 Å². The first-order valence-electron chi connectivity index (χ1n) is 8.77. The maximum atomic E-state index is 11.5. The van der Waals surface area contributed by atoms with Crippen LogP contribution < -0.4 is 5.32 Å². The van der Waals surface area contributed by atoms with Crippen molar-refractivity contribution in [3.8, 4) is 0 Å². The van der Waals surface area contributed by atoms with E-state index in [1.54, 1.807) is 0 Å². The van der Waals surface area contributed by atoms with Gasteiger partial charge in [-0.15, -0.1) is 0 Å². The molecule has 2 rings (SSSR count). The summed E-state index contributed by atoms with van der Waals surface area (Å²) in [6, 6.07) is 9.14. The molecule has 1 aliphatic heterocycles. The van der Waals surface area contributed by atoms with E-state index in [1.165, 1.54) is 6.92 Å². The summed E-state index contributed by atoms with van der Waals surface area (Å²) >= 11 is 0. The van der Waals surface area contributed by atoms with E-state index in [4.69, 9.17) is 14.2 Å². The summed E-state index contributed by atoms with van der Waals surface area (Å²) in [5.41, 5.74) is 0.998. The van der Waals surface area contributed by atoms with Crippen LogP contribution in [-0.2, 0) is 30.4 Å². The third-order valence-corrected chi connectivity index (χ3v) is 4.29. The van der Waals surface area contributed by atoms with E-state index in [2.05, 4.69) is 5.32 Å². The zero-order valence-electron chi connectivity index (χ0n) is 15.0. The van der Waals surface area contributed by atoms with Gasteiger partial charge in [-0.25, -0.2) is 0 Å². The summed E-state index contributed by atoms with van der Waals surface area (Å²) in [5.74, 6) is -0.234. The molecule has 1 heterocycles. The molecule has 1 N–H and O–H groups in total. The Labute approximate surface area is 148 Å². The Bertz CT molecular complexity index is 546. The number of rotatable bonds is 9. The lowest BCUT2D eigenvalue weighted by Crippen LogP contribution is -2.49. The van der Waals surface area contributed by atoms with Crippen molar-refractivity contribution < 1.29 is 23.8 Å². The van der Waals surface area contributed by atoms with Crippen LogP contribution in [0.15, 0.2) is 30.3 Å². The van der Waals surface area contributed by atoms with Crippen LogP contribution in [-0.4, -0.2) is 42.8 Å². The maximum absolute atomic E-state index is 11.5. The molecular formula is C19H27NO5. The van der Waals surface area contributed by atoms with E-state index in [0.29, 0.717) is 12.9 Å². The lowest BCUT2D eigenvalue weighted by atomic mass is 10.1. The third-order valence-electron chi connectivity index (χ3n) is 4.29. The largest absolute Gasteiger partial charge is 0.367 e.